The average molecular weight is 381 g/mol. The number of ether oxygens (including phenoxy) is 1. The molecule has 0 aromatic heterocycles. The fourth-order valence-electron chi connectivity index (χ4n) is 3.47. The van der Waals surface area contributed by atoms with Crippen LogP contribution in [-0.4, -0.2) is 12.6 Å². The van der Waals surface area contributed by atoms with E-state index in [2.05, 4.69) is 13.5 Å². The van der Waals surface area contributed by atoms with E-state index in [9.17, 15) is 4.79 Å². The predicted octanol–water partition coefficient (Wildman–Crippen LogP) is 8.54. The Kier molecular flexibility index (Phi) is 22.6. The summed E-state index contributed by atoms with van der Waals surface area (Å²) in [5.41, 5.74) is 0. The van der Waals surface area contributed by atoms with E-state index < -0.39 is 0 Å². The van der Waals surface area contributed by atoms with Crippen LogP contribution in [0, 0.1) is 0 Å². The standard InChI is InChI=1S/C25H48O2/c1-3-5-7-9-11-13-14-15-16-17-19-21-23-25(26)27-24-22-20-18-12-10-8-6-4-2/h4H,2-3,5-24H2,1H3. The number of allylic oxidation sites excluding steroid dienone is 1. The van der Waals surface area contributed by atoms with Gasteiger partial charge in [-0.15, -0.1) is 6.58 Å². The van der Waals surface area contributed by atoms with E-state index in [1.54, 1.807) is 0 Å². The highest BCUT2D eigenvalue weighted by atomic mass is 16.5. The van der Waals surface area contributed by atoms with E-state index in [0.29, 0.717) is 13.0 Å². The molecule has 0 aromatic carbocycles. The number of unbranched alkanes of at least 4 members (excludes halogenated alkanes) is 17. The minimum atomic E-state index is 0.00747. The highest BCUT2D eigenvalue weighted by Crippen LogP contribution is 2.13. The Labute approximate surface area is 170 Å². The Balaban J connectivity index is 3.14. The summed E-state index contributed by atoms with van der Waals surface area (Å²) in [6.45, 7) is 6.63. The normalized spacial score (nSPS) is 10.9. The summed E-state index contributed by atoms with van der Waals surface area (Å²) in [6.07, 6.45) is 27.0. The van der Waals surface area contributed by atoms with Crippen molar-refractivity contribution in [2.24, 2.45) is 0 Å². The lowest BCUT2D eigenvalue weighted by atomic mass is 10.0. The summed E-state index contributed by atoms with van der Waals surface area (Å²) < 4.78 is 5.33. The van der Waals surface area contributed by atoms with Crippen molar-refractivity contribution in [3.8, 4) is 0 Å². The van der Waals surface area contributed by atoms with Crippen molar-refractivity contribution < 1.29 is 9.53 Å². The molecule has 0 spiro atoms. The molecule has 0 fully saturated rings. The molecule has 0 aliphatic rings. The molecule has 0 amide bonds. The number of rotatable bonds is 22. The van der Waals surface area contributed by atoms with Crippen LogP contribution in [0.1, 0.15) is 135 Å². The van der Waals surface area contributed by atoms with Crippen LogP contribution in [0.15, 0.2) is 12.7 Å². The maximum absolute atomic E-state index is 11.7. The quantitative estimate of drug-likeness (QED) is 0.107. The Hall–Kier alpha value is -0.790. The molecule has 0 unspecified atom stereocenters. The maximum Gasteiger partial charge on any atom is 0.305 e. The smallest absolute Gasteiger partial charge is 0.305 e. The molecule has 0 N–H and O–H groups in total. The minimum Gasteiger partial charge on any atom is -0.466 e. The van der Waals surface area contributed by atoms with Crippen LogP contribution in [0.3, 0.4) is 0 Å². The molecule has 2 nitrogen and oxygen atoms in total. The molecule has 0 bridgehead atoms. The molecule has 160 valence electrons. The maximum atomic E-state index is 11.7. The lowest BCUT2D eigenvalue weighted by molar-refractivity contribution is -0.143. The summed E-state index contributed by atoms with van der Waals surface area (Å²) in [5, 5.41) is 0. The molecule has 0 saturated heterocycles. The molecule has 27 heavy (non-hydrogen) atoms. The Bertz CT molecular complexity index is 311. The van der Waals surface area contributed by atoms with Gasteiger partial charge in [0.2, 0.25) is 0 Å². The van der Waals surface area contributed by atoms with Crippen LogP contribution in [0.5, 0.6) is 0 Å². The first-order valence-electron chi connectivity index (χ1n) is 12.1. The molecule has 0 radical (unpaired) electrons. The number of hydrogen-bond acceptors (Lipinski definition) is 2. The van der Waals surface area contributed by atoms with Gasteiger partial charge in [0.1, 0.15) is 0 Å². The molecule has 0 aromatic rings. The highest BCUT2D eigenvalue weighted by Gasteiger charge is 2.02. The van der Waals surface area contributed by atoms with Crippen LogP contribution in [0.25, 0.3) is 0 Å². The van der Waals surface area contributed by atoms with Gasteiger partial charge in [0.15, 0.2) is 0 Å². The number of carbonyl (C=O) groups excluding carboxylic acids is 1. The Morgan fingerprint density at radius 3 is 1.63 bits per heavy atom. The monoisotopic (exact) mass is 380 g/mol. The third kappa shape index (κ3) is 23.2. The van der Waals surface area contributed by atoms with Gasteiger partial charge in [0, 0.05) is 6.42 Å². The van der Waals surface area contributed by atoms with Gasteiger partial charge < -0.3 is 4.74 Å². The lowest BCUT2D eigenvalue weighted by Crippen LogP contribution is -2.05. The molecule has 0 atom stereocenters. The van der Waals surface area contributed by atoms with Crippen molar-refractivity contribution in [3.63, 3.8) is 0 Å². The fraction of sp³-hybridized carbons (Fsp3) is 0.880. The Morgan fingerprint density at radius 2 is 1.11 bits per heavy atom. The second-order valence-electron chi connectivity index (χ2n) is 8.06. The van der Waals surface area contributed by atoms with E-state index in [1.807, 2.05) is 6.08 Å². The van der Waals surface area contributed by atoms with Crippen molar-refractivity contribution in [3.05, 3.63) is 12.7 Å². The van der Waals surface area contributed by atoms with Gasteiger partial charge in [-0.05, 0) is 25.7 Å². The number of esters is 1. The second-order valence-corrected chi connectivity index (χ2v) is 8.06. The van der Waals surface area contributed by atoms with Gasteiger partial charge in [0.25, 0.3) is 0 Å². The lowest BCUT2D eigenvalue weighted by Gasteiger charge is -2.05. The topological polar surface area (TPSA) is 26.3 Å². The van der Waals surface area contributed by atoms with Gasteiger partial charge in [-0.25, -0.2) is 0 Å². The van der Waals surface area contributed by atoms with Crippen LogP contribution in [-0.2, 0) is 9.53 Å². The van der Waals surface area contributed by atoms with Crippen LogP contribution in [0.2, 0.25) is 0 Å². The third-order valence-electron chi connectivity index (χ3n) is 5.30. The zero-order chi connectivity index (χ0) is 19.8. The zero-order valence-electron chi connectivity index (χ0n) is 18.5. The summed E-state index contributed by atoms with van der Waals surface area (Å²) in [6, 6.07) is 0. The molecular formula is C25H48O2. The van der Waals surface area contributed by atoms with E-state index in [4.69, 9.17) is 4.74 Å². The van der Waals surface area contributed by atoms with Gasteiger partial charge in [-0.1, -0.05) is 109 Å². The van der Waals surface area contributed by atoms with Crippen LogP contribution < -0.4 is 0 Å². The van der Waals surface area contributed by atoms with E-state index >= 15 is 0 Å². The number of hydrogen-bond donors (Lipinski definition) is 0. The van der Waals surface area contributed by atoms with Crippen molar-refractivity contribution in [1.29, 1.82) is 0 Å². The van der Waals surface area contributed by atoms with E-state index in [1.165, 1.54) is 103 Å². The van der Waals surface area contributed by atoms with E-state index in [-0.39, 0.29) is 5.97 Å². The van der Waals surface area contributed by atoms with Crippen molar-refractivity contribution in [1.82, 2.24) is 0 Å². The van der Waals surface area contributed by atoms with Gasteiger partial charge in [-0.2, -0.15) is 0 Å². The first kappa shape index (κ1) is 26.2. The van der Waals surface area contributed by atoms with Crippen LogP contribution in [0.4, 0.5) is 0 Å². The molecule has 0 heterocycles. The SMILES string of the molecule is C=CCCCCCCCCOC(=O)CCCCCCCCCCCCCC. The fourth-order valence-corrected chi connectivity index (χ4v) is 3.47. The van der Waals surface area contributed by atoms with Crippen molar-refractivity contribution in [2.75, 3.05) is 6.61 Å². The van der Waals surface area contributed by atoms with Gasteiger partial charge in [-0.3, -0.25) is 4.79 Å². The minimum absolute atomic E-state index is 0.00747. The molecule has 0 aliphatic heterocycles. The number of carbonyl (C=O) groups is 1. The van der Waals surface area contributed by atoms with Gasteiger partial charge >= 0.3 is 5.97 Å². The summed E-state index contributed by atoms with van der Waals surface area (Å²) >= 11 is 0. The van der Waals surface area contributed by atoms with E-state index in [0.717, 1.165) is 19.3 Å². The molecule has 0 saturated carbocycles. The second kappa shape index (κ2) is 23.2. The molecule has 0 aliphatic carbocycles. The van der Waals surface area contributed by atoms with Crippen LogP contribution >= 0.6 is 0 Å². The molecular weight excluding hydrogens is 332 g/mol. The van der Waals surface area contributed by atoms with Crippen molar-refractivity contribution in [2.45, 2.75) is 135 Å². The third-order valence-corrected chi connectivity index (χ3v) is 5.30. The summed E-state index contributed by atoms with van der Waals surface area (Å²) in [7, 11) is 0. The summed E-state index contributed by atoms with van der Waals surface area (Å²) in [4.78, 5) is 11.7. The molecule has 2 heteroatoms. The Morgan fingerprint density at radius 1 is 0.667 bits per heavy atom. The highest BCUT2D eigenvalue weighted by molar-refractivity contribution is 5.69. The first-order chi connectivity index (χ1) is 13.3. The van der Waals surface area contributed by atoms with Crippen molar-refractivity contribution >= 4 is 5.97 Å². The average Bonchev–Trinajstić information content (AvgIpc) is 2.67. The largest absolute Gasteiger partial charge is 0.466 e. The zero-order valence-corrected chi connectivity index (χ0v) is 18.5. The molecule has 0 rings (SSSR count). The first-order valence-corrected chi connectivity index (χ1v) is 12.1. The predicted molar refractivity (Wildman–Crippen MR) is 119 cm³/mol. The van der Waals surface area contributed by atoms with Gasteiger partial charge in [0.05, 0.1) is 6.61 Å². The summed E-state index contributed by atoms with van der Waals surface area (Å²) in [5.74, 6) is 0.00747.